The van der Waals surface area contributed by atoms with Gasteiger partial charge in [-0.3, -0.25) is 9.47 Å². The summed E-state index contributed by atoms with van der Waals surface area (Å²) in [4.78, 5) is -2.37. The Morgan fingerprint density at radius 2 is 0.750 bits per heavy atom. The Morgan fingerprint density at radius 3 is 1.03 bits per heavy atom. The fourth-order valence-electron chi connectivity index (χ4n) is 2.07. The van der Waals surface area contributed by atoms with Crippen LogP contribution in [0.25, 0.3) is 0 Å². The smallest absolute Gasteiger partial charge is 0.259 e. The topological polar surface area (TPSA) is 27.7 Å². The summed E-state index contributed by atoms with van der Waals surface area (Å²) in [5.74, 6) is 0. The molecule has 0 spiro atoms. The van der Waals surface area contributed by atoms with Crippen LogP contribution in [-0.4, -0.2) is 42.3 Å². The van der Waals surface area contributed by atoms with Crippen molar-refractivity contribution in [2.45, 2.75) is 70.0 Å². The third-order valence-corrected chi connectivity index (χ3v) is 16.2. The predicted molar refractivity (Wildman–Crippen MR) is 171 cm³/mol. The van der Waals surface area contributed by atoms with Gasteiger partial charge in [0.05, 0.1) is 4.90 Å². The highest BCUT2D eigenvalue weighted by atomic mass is 31.1. The van der Waals surface area contributed by atoms with Gasteiger partial charge in [0.25, 0.3) is 11.2 Å². The first kappa shape index (κ1) is 36.8. The molecule has 0 aromatic carbocycles. The molecule has 0 saturated heterocycles. The van der Waals surface area contributed by atoms with Gasteiger partial charge in [-0.1, -0.05) is 94.7 Å². The van der Waals surface area contributed by atoms with Crippen LogP contribution in [0.4, 0.5) is 17.6 Å². The molecule has 0 aliphatic rings. The molecule has 3 nitrogen and oxygen atoms in total. The van der Waals surface area contributed by atoms with Crippen LogP contribution in [0, 0.1) is 5.41 Å². The van der Waals surface area contributed by atoms with E-state index < -0.39 is 47.8 Å². The normalized spacial score (nSPS) is 22.5. The van der Waals surface area contributed by atoms with Crippen LogP contribution >= 0.6 is 111 Å². The standard InChI is InChI=1S/C13H36F4O3P12/c1-5(2,3)7(22,23)8(24,25)9(15,26)19-11(17,28)13(31,32)20-12(29,30)10(16,27)18-6(4,14)21/h21-32H2,1-4H3. The van der Waals surface area contributed by atoms with E-state index in [-0.39, 0.29) is 0 Å². The Bertz CT molecular complexity index is 674. The molecule has 0 radical (unpaired) electrons. The van der Waals surface area contributed by atoms with Crippen LogP contribution in [0.15, 0.2) is 0 Å². The molecule has 0 aliphatic heterocycles. The molecule has 194 valence electrons. The first-order chi connectivity index (χ1) is 13.4. The van der Waals surface area contributed by atoms with Crippen LogP contribution in [-0.2, 0) is 14.2 Å². The van der Waals surface area contributed by atoms with Gasteiger partial charge in [-0.15, -0.1) is 37.0 Å². The van der Waals surface area contributed by atoms with Gasteiger partial charge in [0, 0.05) is 4.90 Å². The Hall–Kier alpha value is 4.76. The van der Waals surface area contributed by atoms with E-state index in [1.54, 1.807) is 27.7 Å². The summed E-state index contributed by atoms with van der Waals surface area (Å²) in [7, 11) is 24.7. The van der Waals surface area contributed by atoms with Gasteiger partial charge < -0.3 is 4.74 Å². The minimum atomic E-state index is -2.94. The SMILES string of the molecule is CC(F)(P)OC(F)(P)C(P)(P)OC(P)(P)C(F)(P)OC(F)(P)C(P)(P)C(P)(P)C(C)(C)C. The van der Waals surface area contributed by atoms with E-state index in [0.717, 1.165) is 6.92 Å². The molecule has 0 N–H and O–H groups in total. The number of halogens is 4. The lowest BCUT2D eigenvalue weighted by molar-refractivity contribution is -0.260. The van der Waals surface area contributed by atoms with Crippen LogP contribution < -0.4 is 0 Å². The maximum absolute atomic E-state index is 16.0. The average Bonchev–Trinajstić information content (AvgIpc) is 2.39. The monoisotopic (exact) mass is 688 g/mol. The molecule has 0 saturated carbocycles. The highest BCUT2D eigenvalue weighted by Gasteiger charge is 2.63. The molecule has 32 heavy (non-hydrogen) atoms. The van der Waals surface area contributed by atoms with Gasteiger partial charge in [0.2, 0.25) is 11.2 Å². The molecule has 0 heterocycles. The minimum absolute atomic E-state index is 0.477. The zero-order chi connectivity index (χ0) is 26.6. The second-order valence-electron chi connectivity index (χ2n) is 8.80. The maximum Gasteiger partial charge on any atom is 0.259 e. The molecule has 0 bridgehead atoms. The lowest BCUT2D eigenvalue weighted by Gasteiger charge is -2.55. The molecule has 0 aliphatic carbocycles. The summed E-state index contributed by atoms with van der Waals surface area (Å²) in [6.45, 7) is 6.63. The summed E-state index contributed by atoms with van der Waals surface area (Å²) in [6, 6.07) is 0. The van der Waals surface area contributed by atoms with Gasteiger partial charge in [0.1, 0.15) is 0 Å². The summed E-state index contributed by atoms with van der Waals surface area (Å²) in [5.41, 5.74) is -11.4. The van der Waals surface area contributed by atoms with E-state index >= 15 is 13.2 Å². The first-order valence-corrected chi connectivity index (χ1v) is 15.6. The lowest BCUT2D eigenvalue weighted by Crippen LogP contribution is -2.59. The average molecular weight is 688 g/mol. The largest absolute Gasteiger partial charge is 0.340 e. The molecule has 16 unspecified atom stereocenters. The van der Waals surface area contributed by atoms with E-state index in [0.29, 0.717) is 0 Å². The molecule has 16 atom stereocenters. The van der Waals surface area contributed by atoms with Crippen LogP contribution in [0.1, 0.15) is 27.7 Å². The van der Waals surface area contributed by atoms with Gasteiger partial charge in [-0.2, -0.15) is 0 Å². The van der Waals surface area contributed by atoms with Crippen LogP contribution in [0.2, 0.25) is 0 Å². The number of hydrogen-bond donors (Lipinski definition) is 0. The van der Waals surface area contributed by atoms with E-state index in [1.165, 1.54) is 0 Å². The van der Waals surface area contributed by atoms with Gasteiger partial charge in [-0.05, 0) is 12.3 Å². The molecular weight excluding hydrogens is 652 g/mol. The number of ether oxygens (including phenoxy) is 3. The van der Waals surface area contributed by atoms with Crippen molar-refractivity contribution in [3.8, 4) is 0 Å². The second-order valence-corrected chi connectivity index (χ2v) is 21.8. The van der Waals surface area contributed by atoms with Crippen molar-refractivity contribution in [1.29, 1.82) is 0 Å². The van der Waals surface area contributed by atoms with Crippen molar-refractivity contribution in [2.24, 2.45) is 5.41 Å². The Balaban J connectivity index is 6.05. The molecule has 0 aromatic rings. The van der Waals surface area contributed by atoms with E-state index in [9.17, 15) is 4.39 Å². The summed E-state index contributed by atoms with van der Waals surface area (Å²) in [5, 5.41) is -4.24. The van der Waals surface area contributed by atoms with Crippen molar-refractivity contribution >= 4 is 111 Å². The molecule has 0 aromatic heterocycles. The summed E-state index contributed by atoms with van der Waals surface area (Å²) >= 11 is 0. The zero-order valence-electron chi connectivity index (χ0n) is 18.2. The van der Waals surface area contributed by atoms with E-state index in [2.05, 4.69) is 37.0 Å². The second kappa shape index (κ2) is 11.3. The van der Waals surface area contributed by atoms with Gasteiger partial charge in [0.15, 0.2) is 10.2 Å². The minimum Gasteiger partial charge on any atom is -0.340 e. The number of alkyl halides is 4. The fourth-order valence-corrected chi connectivity index (χ4v) is 6.72. The molecule has 19 heteroatoms. The molecule has 0 amide bonds. The third kappa shape index (κ3) is 8.63. The van der Waals surface area contributed by atoms with Crippen LogP contribution in [0.5, 0.6) is 0 Å². The molecule has 0 fully saturated rings. The lowest BCUT2D eigenvalue weighted by atomic mass is 9.88. The van der Waals surface area contributed by atoms with Crippen molar-refractivity contribution in [1.82, 2.24) is 0 Å². The summed E-state index contributed by atoms with van der Waals surface area (Å²) < 4.78 is 76.4. The Kier molecular flexibility index (Phi) is 13.0. The first-order valence-electron chi connectivity index (χ1n) is 8.69. The highest BCUT2D eigenvalue weighted by molar-refractivity contribution is 7.50. The molecule has 0 rings (SSSR count). The van der Waals surface area contributed by atoms with Crippen LogP contribution in [0.3, 0.4) is 0 Å². The highest BCUT2D eigenvalue weighted by Crippen LogP contribution is 2.67. The van der Waals surface area contributed by atoms with E-state index in [1.807, 2.05) is 67.0 Å². The van der Waals surface area contributed by atoms with Crippen molar-refractivity contribution in [3.63, 3.8) is 0 Å². The third-order valence-electron chi connectivity index (χ3n) is 4.54. The number of rotatable bonds is 10. The zero-order valence-corrected chi connectivity index (χ0v) is 32.0. The van der Waals surface area contributed by atoms with Crippen molar-refractivity contribution < 1.29 is 31.8 Å². The Morgan fingerprint density at radius 1 is 0.438 bits per heavy atom. The van der Waals surface area contributed by atoms with Crippen molar-refractivity contribution in [3.05, 3.63) is 0 Å². The summed E-state index contributed by atoms with van der Waals surface area (Å²) in [6.07, 6.45) is 0. The molecular formula is C13H36F4O3P12. The number of hydrogen-bond acceptors (Lipinski definition) is 3. The van der Waals surface area contributed by atoms with Gasteiger partial charge >= 0.3 is 0 Å². The van der Waals surface area contributed by atoms with E-state index in [4.69, 9.17) is 14.2 Å². The maximum atomic E-state index is 16.0. The quantitative estimate of drug-likeness (QED) is 0.215. The van der Waals surface area contributed by atoms with Gasteiger partial charge in [-0.25, -0.2) is 17.6 Å². The fraction of sp³-hybridized carbons (Fsp3) is 1.00. The van der Waals surface area contributed by atoms with Crippen molar-refractivity contribution in [2.75, 3.05) is 0 Å². The predicted octanol–water partition coefficient (Wildman–Crippen LogP) is 5.80. The Labute approximate surface area is 217 Å².